The molecule has 1 aliphatic heterocycles. The van der Waals surface area contributed by atoms with Crippen LogP contribution in [0.25, 0.3) is 0 Å². The second kappa shape index (κ2) is 14.4. The topological polar surface area (TPSA) is 61.8 Å². The first-order valence-corrected chi connectivity index (χ1v) is 14.0. The molecule has 7 heteroatoms. The van der Waals surface area contributed by atoms with Crippen LogP contribution in [0.1, 0.15) is 82.6 Å². The highest BCUT2D eigenvalue weighted by Crippen LogP contribution is 2.40. The van der Waals surface area contributed by atoms with Gasteiger partial charge in [-0.15, -0.1) is 0 Å². The van der Waals surface area contributed by atoms with Crippen molar-refractivity contribution in [3.8, 4) is 0 Å². The van der Waals surface area contributed by atoms with E-state index in [0.29, 0.717) is 57.2 Å². The lowest BCUT2D eigenvalue weighted by Gasteiger charge is -2.43. The summed E-state index contributed by atoms with van der Waals surface area (Å²) in [4.78, 5) is 15.3. The van der Waals surface area contributed by atoms with E-state index in [2.05, 4.69) is 5.32 Å². The number of aliphatic hydroxyl groups is 1. The first kappa shape index (κ1) is 29.0. The Morgan fingerprint density at radius 1 is 1.14 bits per heavy atom. The lowest BCUT2D eigenvalue weighted by Crippen LogP contribution is -2.48. The number of piperidine rings is 1. The molecule has 36 heavy (non-hydrogen) atoms. The van der Waals surface area contributed by atoms with Crippen molar-refractivity contribution in [2.45, 2.75) is 82.7 Å². The summed E-state index contributed by atoms with van der Waals surface area (Å²) in [6.07, 6.45) is 11.3. The van der Waals surface area contributed by atoms with Gasteiger partial charge >= 0.3 is 0 Å². The number of ether oxygens (including phenoxy) is 1. The number of likely N-dealkylation sites (tertiary alicyclic amines) is 1. The lowest BCUT2D eigenvalue weighted by atomic mass is 9.74. The number of methoxy groups -OCH3 is 1. The van der Waals surface area contributed by atoms with Crippen LogP contribution in [0.15, 0.2) is 18.2 Å². The van der Waals surface area contributed by atoms with Crippen LogP contribution in [0.4, 0.5) is 8.78 Å². The fourth-order valence-electron chi connectivity index (χ4n) is 6.42. The van der Waals surface area contributed by atoms with Gasteiger partial charge in [0, 0.05) is 45.2 Å². The number of hydrogen-bond acceptors (Lipinski definition) is 4. The van der Waals surface area contributed by atoms with Gasteiger partial charge in [-0.25, -0.2) is 8.78 Å². The molecular formula is C29H46F2N2O3. The van der Waals surface area contributed by atoms with Crippen molar-refractivity contribution in [3.63, 3.8) is 0 Å². The number of carbonyl (C=O) groups excluding carboxylic acids is 1. The van der Waals surface area contributed by atoms with E-state index in [4.69, 9.17) is 4.74 Å². The van der Waals surface area contributed by atoms with Gasteiger partial charge in [0.05, 0.1) is 5.60 Å². The number of unbranched alkanes of at least 4 members (excludes halogenated alkanes) is 1. The Morgan fingerprint density at radius 2 is 1.86 bits per heavy atom. The number of amides is 1. The maximum absolute atomic E-state index is 14.1. The summed E-state index contributed by atoms with van der Waals surface area (Å²) in [7, 11) is 3.57. The van der Waals surface area contributed by atoms with Gasteiger partial charge in [0.25, 0.3) is 0 Å². The first-order valence-electron chi connectivity index (χ1n) is 14.0. The number of carbonyl (C=O) groups is 1. The van der Waals surface area contributed by atoms with Gasteiger partial charge in [-0.2, -0.15) is 0 Å². The number of benzene rings is 1. The molecule has 2 N–H and O–H groups in total. The summed E-state index contributed by atoms with van der Waals surface area (Å²) in [5, 5.41) is 15.2. The Hall–Kier alpha value is -1.57. The number of hydrogen-bond donors (Lipinski definition) is 2. The highest BCUT2D eigenvalue weighted by atomic mass is 19.1. The van der Waals surface area contributed by atoms with E-state index in [-0.39, 0.29) is 17.4 Å². The molecule has 1 saturated carbocycles. The Bertz CT molecular complexity index is 797. The normalized spacial score (nSPS) is 21.8. The predicted molar refractivity (Wildman–Crippen MR) is 139 cm³/mol. The van der Waals surface area contributed by atoms with E-state index in [0.717, 1.165) is 31.9 Å². The van der Waals surface area contributed by atoms with Crippen LogP contribution < -0.4 is 5.32 Å². The summed E-state index contributed by atoms with van der Waals surface area (Å²) < 4.78 is 33.4. The molecule has 3 rings (SSSR count). The SMILES string of the molecule is CNC[C@@H](CC(=O)N1CCC[C@@H]([C@@](O)(CCCCOC)c2cc(F)cc(F)c2)C1)CC1CCCCC1. The van der Waals surface area contributed by atoms with Gasteiger partial charge in [-0.3, -0.25) is 4.79 Å². The van der Waals surface area contributed by atoms with Gasteiger partial charge < -0.3 is 20.1 Å². The summed E-state index contributed by atoms with van der Waals surface area (Å²) in [6.45, 7) is 2.47. The molecule has 1 heterocycles. The van der Waals surface area contributed by atoms with Crippen LogP contribution in [0.2, 0.25) is 0 Å². The van der Waals surface area contributed by atoms with Crippen LogP contribution in [0.5, 0.6) is 0 Å². The molecule has 3 atom stereocenters. The molecule has 204 valence electrons. The molecule has 1 amide bonds. The van der Waals surface area contributed by atoms with Crippen molar-refractivity contribution < 1.29 is 23.4 Å². The summed E-state index contributed by atoms with van der Waals surface area (Å²) >= 11 is 0. The zero-order valence-electron chi connectivity index (χ0n) is 22.2. The van der Waals surface area contributed by atoms with Gasteiger partial charge in [-0.05, 0) is 81.6 Å². The second-order valence-electron chi connectivity index (χ2n) is 11.1. The standard InChI is InChI=1S/C29H46F2N2O3/c1-32-20-23(15-22-9-4-3-5-10-22)16-28(34)33-13-8-11-24(21-33)29(35,12-6-7-14-36-2)25-17-26(30)19-27(31)18-25/h17-19,22-24,32,35H,3-16,20-21H2,1-2H3/t23-,24-,29+/m1/s1. The maximum atomic E-state index is 14.1. The van der Waals surface area contributed by atoms with E-state index < -0.39 is 17.2 Å². The smallest absolute Gasteiger partial charge is 0.222 e. The molecule has 0 bridgehead atoms. The van der Waals surface area contributed by atoms with Crippen molar-refractivity contribution in [3.05, 3.63) is 35.4 Å². The van der Waals surface area contributed by atoms with Gasteiger partial charge in [0.15, 0.2) is 0 Å². The average Bonchev–Trinajstić information content (AvgIpc) is 2.87. The summed E-state index contributed by atoms with van der Waals surface area (Å²) in [5.41, 5.74) is -1.13. The molecule has 1 aromatic rings. The maximum Gasteiger partial charge on any atom is 0.222 e. The highest BCUT2D eigenvalue weighted by Gasteiger charge is 2.41. The molecule has 0 radical (unpaired) electrons. The van der Waals surface area contributed by atoms with E-state index in [1.165, 1.54) is 44.2 Å². The average molecular weight is 509 g/mol. The molecule has 5 nitrogen and oxygen atoms in total. The Balaban J connectivity index is 1.71. The largest absolute Gasteiger partial charge is 0.385 e. The minimum absolute atomic E-state index is 0.128. The van der Waals surface area contributed by atoms with Crippen molar-refractivity contribution in [2.24, 2.45) is 17.8 Å². The molecule has 0 spiro atoms. The van der Waals surface area contributed by atoms with Crippen LogP contribution in [0.3, 0.4) is 0 Å². The zero-order valence-corrected chi connectivity index (χ0v) is 22.2. The third-order valence-corrected chi connectivity index (χ3v) is 8.32. The molecule has 2 fully saturated rings. The monoisotopic (exact) mass is 508 g/mol. The summed E-state index contributed by atoms with van der Waals surface area (Å²) in [6, 6.07) is 3.32. The van der Waals surface area contributed by atoms with Crippen molar-refractivity contribution in [2.75, 3.05) is 40.4 Å². The predicted octanol–water partition coefficient (Wildman–Crippen LogP) is 5.40. The molecule has 1 saturated heterocycles. The second-order valence-corrected chi connectivity index (χ2v) is 11.1. The third kappa shape index (κ3) is 8.22. The van der Waals surface area contributed by atoms with Gasteiger partial charge in [-0.1, -0.05) is 32.1 Å². The number of nitrogens with zero attached hydrogens (tertiary/aromatic N) is 1. The van der Waals surface area contributed by atoms with Crippen LogP contribution in [0, 0.1) is 29.4 Å². The minimum atomic E-state index is -1.40. The lowest BCUT2D eigenvalue weighted by molar-refractivity contribution is -0.138. The molecule has 1 aliphatic carbocycles. The quantitative estimate of drug-likeness (QED) is 0.350. The van der Waals surface area contributed by atoms with E-state index in [9.17, 15) is 18.7 Å². The van der Waals surface area contributed by atoms with Gasteiger partial charge in [0.2, 0.25) is 5.91 Å². The molecule has 0 unspecified atom stereocenters. The molecule has 1 aromatic carbocycles. The number of rotatable bonds is 13. The van der Waals surface area contributed by atoms with E-state index >= 15 is 0 Å². The Morgan fingerprint density at radius 3 is 2.53 bits per heavy atom. The van der Waals surface area contributed by atoms with Crippen LogP contribution in [-0.2, 0) is 15.1 Å². The molecular weight excluding hydrogens is 462 g/mol. The zero-order chi connectivity index (χ0) is 26.0. The number of nitrogens with one attached hydrogen (secondary N) is 1. The Kier molecular flexibility index (Phi) is 11.6. The summed E-state index contributed by atoms with van der Waals surface area (Å²) in [5.74, 6) is -0.526. The third-order valence-electron chi connectivity index (χ3n) is 8.32. The van der Waals surface area contributed by atoms with Crippen LogP contribution in [-0.4, -0.2) is 56.3 Å². The first-order chi connectivity index (χ1) is 17.4. The van der Waals surface area contributed by atoms with Crippen LogP contribution >= 0.6 is 0 Å². The fraction of sp³-hybridized carbons (Fsp3) is 0.759. The molecule has 2 aliphatic rings. The van der Waals surface area contributed by atoms with E-state index in [1.54, 1.807) is 7.11 Å². The molecule has 0 aromatic heterocycles. The van der Waals surface area contributed by atoms with Crippen molar-refractivity contribution in [1.82, 2.24) is 10.2 Å². The van der Waals surface area contributed by atoms with Crippen molar-refractivity contribution >= 4 is 5.91 Å². The number of halogens is 2. The fourth-order valence-corrected chi connectivity index (χ4v) is 6.42. The Labute approximate surface area is 216 Å². The van der Waals surface area contributed by atoms with Gasteiger partial charge in [0.1, 0.15) is 11.6 Å². The van der Waals surface area contributed by atoms with Crippen molar-refractivity contribution in [1.29, 1.82) is 0 Å². The van der Waals surface area contributed by atoms with E-state index in [1.807, 2.05) is 11.9 Å². The minimum Gasteiger partial charge on any atom is -0.385 e. The highest BCUT2D eigenvalue weighted by molar-refractivity contribution is 5.76.